The van der Waals surface area contributed by atoms with Gasteiger partial charge in [0.05, 0.1) is 17.7 Å². The topological polar surface area (TPSA) is 54.2 Å². The lowest BCUT2D eigenvalue weighted by Gasteiger charge is -2.12. The lowest BCUT2D eigenvalue weighted by molar-refractivity contribution is -0.689. The Kier molecular flexibility index (Phi) is 16.5. The molecule has 0 unspecified atom stereocenters. The van der Waals surface area contributed by atoms with Crippen LogP contribution in [0.1, 0.15) is 95.2 Å². The molecule has 3 aromatic rings. The Morgan fingerprint density at radius 3 is 2.17 bits per heavy atom. The van der Waals surface area contributed by atoms with Crippen molar-refractivity contribution >= 4 is 28.7 Å². The zero-order valence-electron chi connectivity index (χ0n) is 24.0. The number of aryl methyl sites for hydroxylation is 1. The quantitative estimate of drug-likeness (QED) is 0.128. The monoisotopic (exact) mass is 633 g/mol. The van der Waals surface area contributed by atoms with E-state index in [9.17, 15) is 9.18 Å². The molecular formula is C32H45BrFN3O2S. The number of rotatable bonds is 18. The van der Waals surface area contributed by atoms with Gasteiger partial charge < -0.3 is 32.4 Å². The van der Waals surface area contributed by atoms with Crippen LogP contribution in [0.5, 0.6) is 5.75 Å². The summed E-state index contributed by atoms with van der Waals surface area (Å²) in [7, 11) is 0. The van der Waals surface area contributed by atoms with Crippen LogP contribution in [0.25, 0.3) is 0 Å². The SMILES string of the molecule is CCCCCCCCCCCCCCOc1ccc(NC(=O)Nc2ccccc2C[n+]2cscc2C)cc1F.[Br-]. The molecule has 2 N–H and O–H groups in total. The first-order chi connectivity index (χ1) is 19.1. The van der Waals surface area contributed by atoms with Gasteiger partial charge in [-0.05, 0) is 24.6 Å². The number of benzene rings is 2. The second kappa shape index (κ2) is 19.6. The number of unbranched alkanes of at least 4 members (excludes halogenated alkanes) is 11. The third-order valence-corrected chi connectivity index (χ3v) is 7.78. The minimum atomic E-state index is -0.475. The number of amides is 2. The molecule has 0 saturated heterocycles. The maximum atomic E-state index is 14.6. The molecule has 0 spiro atoms. The molecule has 1 heterocycles. The standard InChI is InChI=1S/C32H44FN3O2S.BrH/c1-3-4-5-6-7-8-9-10-11-12-13-16-21-38-31-20-19-28(22-29(31)33)34-32(37)35-30-18-15-14-17-27(30)23-36-25-39-24-26(36)2;/h14-15,17-20,22,24-25H,3-13,16,21,23H2,1-2H3,(H-,34,35,37);1H. The highest BCUT2D eigenvalue weighted by Gasteiger charge is 2.14. The van der Waals surface area contributed by atoms with Crippen molar-refractivity contribution in [2.45, 2.75) is 97.4 Å². The van der Waals surface area contributed by atoms with E-state index in [1.54, 1.807) is 23.5 Å². The van der Waals surface area contributed by atoms with E-state index in [-0.39, 0.29) is 22.7 Å². The summed E-state index contributed by atoms with van der Waals surface area (Å²) in [5.41, 5.74) is 5.30. The molecule has 220 valence electrons. The number of halogens is 2. The summed E-state index contributed by atoms with van der Waals surface area (Å²) < 4.78 is 22.4. The van der Waals surface area contributed by atoms with Crippen molar-refractivity contribution in [2.24, 2.45) is 0 Å². The van der Waals surface area contributed by atoms with E-state index in [0.29, 0.717) is 18.8 Å². The smallest absolute Gasteiger partial charge is 0.323 e. The van der Waals surface area contributed by atoms with Crippen LogP contribution >= 0.6 is 11.3 Å². The van der Waals surface area contributed by atoms with Crippen LogP contribution in [0, 0.1) is 12.7 Å². The summed E-state index contributed by atoms with van der Waals surface area (Å²) in [5.74, 6) is -0.256. The molecule has 0 saturated carbocycles. The predicted octanol–water partition coefficient (Wildman–Crippen LogP) is 6.26. The first-order valence-electron chi connectivity index (χ1n) is 14.6. The highest BCUT2D eigenvalue weighted by atomic mass is 79.9. The van der Waals surface area contributed by atoms with Gasteiger partial charge in [0, 0.05) is 24.2 Å². The molecule has 2 amide bonds. The highest BCUT2D eigenvalue weighted by Crippen LogP contribution is 2.22. The molecule has 1 aromatic heterocycles. The van der Waals surface area contributed by atoms with Crippen LogP contribution in [0.4, 0.5) is 20.6 Å². The number of thiazole rings is 1. The van der Waals surface area contributed by atoms with Crippen molar-refractivity contribution in [1.82, 2.24) is 0 Å². The van der Waals surface area contributed by atoms with E-state index in [0.717, 1.165) is 29.8 Å². The van der Waals surface area contributed by atoms with E-state index < -0.39 is 11.8 Å². The number of urea groups is 1. The van der Waals surface area contributed by atoms with Crippen LogP contribution < -0.4 is 36.9 Å². The van der Waals surface area contributed by atoms with Crippen LogP contribution in [0.3, 0.4) is 0 Å². The number of ether oxygens (including phenoxy) is 1. The second-order valence-electron chi connectivity index (χ2n) is 10.2. The third-order valence-electron chi connectivity index (χ3n) is 6.93. The van der Waals surface area contributed by atoms with E-state index in [1.165, 1.54) is 70.3 Å². The molecule has 0 radical (unpaired) electrons. The van der Waals surface area contributed by atoms with Gasteiger partial charge >= 0.3 is 6.03 Å². The third kappa shape index (κ3) is 12.4. The van der Waals surface area contributed by atoms with Gasteiger partial charge in [0.15, 0.2) is 23.8 Å². The Morgan fingerprint density at radius 2 is 1.55 bits per heavy atom. The second-order valence-corrected chi connectivity index (χ2v) is 11.0. The molecule has 2 aromatic carbocycles. The van der Waals surface area contributed by atoms with Gasteiger partial charge in [0.2, 0.25) is 5.51 Å². The van der Waals surface area contributed by atoms with Crippen LogP contribution in [0.15, 0.2) is 53.4 Å². The van der Waals surface area contributed by atoms with Gasteiger partial charge in [-0.3, -0.25) is 0 Å². The minimum Gasteiger partial charge on any atom is -1.00 e. The van der Waals surface area contributed by atoms with Crippen molar-refractivity contribution in [3.05, 3.63) is 70.4 Å². The van der Waals surface area contributed by atoms with Crippen LogP contribution in [-0.2, 0) is 6.54 Å². The van der Waals surface area contributed by atoms with E-state index in [4.69, 9.17) is 4.74 Å². The maximum Gasteiger partial charge on any atom is 0.323 e. The fraction of sp³-hybridized carbons (Fsp3) is 0.500. The molecule has 0 fully saturated rings. The number of nitrogens with zero attached hydrogens (tertiary/aromatic N) is 1. The Hall–Kier alpha value is -2.45. The van der Waals surface area contributed by atoms with Crippen molar-refractivity contribution in [1.29, 1.82) is 0 Å². The summed E-state index contributed by atoms with van der Waals surface area (Å²) in [6, 6.07) is 11.8. The van der Waals surface area contributed by atoms with E-state index in [2.05, 4.69) is 39.9 Å². The summed E-state index contributed by atoms with van der Waals surface area (Å²) in [6.45, 7) is 5.47. The van der Waals surface area contributed by atoms with Gasteiger partial charge in [0.1, 0.15) is 0 Å². The maximum absolute atomic E-state index is 14.6. The zero-order valence-corrected chi connectivity index (χ0v) is 26.4. The van der Waals surface area contributed by atoms with Crippen LogP contribution in [-0.4, -0.2) is 12.6 Å². The molecule has 8 heteroatoms. The Bertz CT molecular complexity index is 1140. The first kappa shape index (κ1) is 33.8. The highest BCUT2D eigenvalue weighted by molar-refractivity contribution is 7.07. The van der Waals surface area contributed by atoms with Gasteiger partial charge in [-0.2, -0.15) is 4.57 Å². The fourth-order valence-corrected chi connectivity index (χ4v) is 5.37. The number of anilines is 2. The Morgan fingerprint density at radius 1 is 0.900 bits per heavy atom. The van der Waals surface area contributed by atoms with Crippen molar-refractivity contribution < 1.29 is 35.5 Å². The molecule has 0 aliphatic rings. The number of aromatic nitrogens is 1. The lowest BCUT2D eigenvalue weighted by atomic mass is 10.1. The largest absolute Gasteiger partial charge is 1.00 e. The van der Waals surface area contributed by atoms with Gasteiger partial charge in [-0.25, -0.2) is 9.18 Å². The number of carbonyl (C=O) groups excluding carboxylic acids is 1. The fourth-order valence-electron chi connectivity index (χ4n) is 4.58. The number of carbonyl (C=O) groups is 1. The van der Waals surface area contributed by atoms with Crippen molar-refractivity contribution in [3.8, 4) is 5.75 Å². The van der Waals surface area contributed by atoms with Gasteiger partial charge in [0.25, 0.3) is 0 Å². The average Bonchev–Trinajstić information content (AvgIpc) is 3.33. The summed E-state index contributed by atoms with van der Waals surface area (Å²) in [5, 5.41) is 7.70. The zero-order chi connectivity index (χ0) is 27.7. The summed E-state index contributed by atoms with van der Waals surface area (Å²) in [4.78, 5) is 12.6. The number of hydrogen-bond donors (Lipinski definition) is 2. The number of para-hydroxylation sites is 1. The van der Waals surface area contributed by atoms with Crippen molar-refractivity contribution in [2.75, 3.05) is 17.2 Å². The molecule has 0 aliphatic carbocycles. The van der Waals surface area contributed by atoms with Crippen molar-refractivity contribution in [3.63, 3.8) is 0 Å². The molecule has 0 atom stereocenters. The molecule has 5 nitrogen and oxygen atoms in total. The minimum absolute atomic E-state index is 0. The summed E-state index contributed by atoms with van der Waals surface area (Å²) >= 11 is 1.64. The normalized spacial score (nSPS) is 10.7. The molecule has 0 bridgehead atoms. The molecular weight excluding hydrogens is 589 g/mol. The Labute approximate surface area is 254 Å². The predicted molar refractivity (Wildman–Crippen MR) is 160 cm³/mol. The first-order valence-corrected chi connectivity index (χ1v) is 15.5. The molecule has 0 aliphatic heterocycles. The van der Waals surface area contributed by atoms with Gasteiger partial charge in [-0.15, -0.1) is 0 Å². The average molecular weight is 635 g/mol. The Balaban J connectivity index is 0.00000560. The van der Waals surface area contributed by atoms with Crippen LogP contribution in [0.2, 0.25) is 0 Å². The lowest BCUT2D eigenvalue weighted by Crippen LogP contribution is -3.00. The van der Waals surface area contributed by atoms with Gasteiger partial charge in [-0.1, -0.05) is 107 Å². The van der Waals surface area contributed by atoms with E-state index in [1.807, 2.05) is 24.3 Å². The molecule has 3 rings (SSSR count). The van der Waals surface area contributed by atoms with E-state index >= 15 is 0 Å². The number of nitrogens with one attached hydrogen (secondary N) is 2. The number of hydrogen-bond acceptors (Lipinski definition) is 3. The molecule has 40 heavy (non-hydrogen) atoms. The summed E-state index contributed by atoms with van der Waals surface area (Å²) in [6.07, 6.45) is 15.3.